The predicted molar refractivity (Wildman–Crippen MR) is 63.7 cm³/mol. The van der Waals surface area contributed by atoms with Crippen molar-refractivity contribution in [3.05, 3.63) is 35.8 Å². The number of aromatic nitrogens is 1. The van der Waals surface area contributed by atoms with E-state index in [-0.39, 0.29) is 11.7 Å². The Morgan fingerprint density at radius 2 is 2.18 bits per heavy atom. The second-order valence-corrected chi connectivity index (χ2v) is 4.12. The van der Waals surface area contributed by atoms with Crippen molar-refractivity contribution in [1.82, 2.24) is 10.1 Å². The Bertz CT molecular complexity index is 522. The Morgan fingerprint density at radius 3 is 2.82 bits per heavy atom. The highest BCUT2D eigenvalue weighted by atomic mass is 19.1. The van der Waals surface area contributed by atoms with E-state index in [1.165, 1.54) is 12.1 Å². The highest BCUT2D eigenvalue weighted by Crippen LogP contribution is 2.30. The molecule has 0 aliphatic carbocycles. The molecule has 17 heavy (non-hydrogen) atoms. The van der Waals surface area contributed by atoms with Crippen molar-refractivity contribution in [3.63, 3.8) is 0 Å². The molecule has 0 aliphatic rings. The number of hydrogen-bond donors (Lipinski definition) is 1. The molecule has 0 radical (unpaired) electrons. The van der Waals surface area contributed by atoms with Crippen molar-refractivity contribution < 1.29 is 8.91 Å². The molecule has 0 spiro atoms. The third-order valence-electron chi connectivity index (χ3n) is 2.37. The van der Waals surface area contributed by atoms with Gasteiger partial charge in [0.1, 0.15) is 11.5 Å². The summed E-state index contributed by atoms with van der Waals surface area (Å²) in [5, 5.41) is 3.90. The van der Waals surface area contributed by atoms with E-state index >= 15 is 0 Å². The van der Waals surface area contributed by atoms with Gasteiger partial charge in [0.05, 0.1) is 5.56 Å². The van der Waals surface area contributed by atoms with Gasteiger partial charge in [-0.15, -0.1) is 0 Å². The van der Waals surface area contributed by atoms with Crippen LogP contribution in [0.3, 0.4) is 0 Å². The summed E-state index contributed by atoms with van der Waals surface area (Å²) in [7, 11) is 3.83. The van der Waals surface area contributed by atoms with Crippen LogP contribution in [0.4, 0.5) is 10.3 Å². The van der Waals surface area contributed by atoms with E-state index in [0.717, 1.165) is 0 Å². The maximum absolute atomic E-state index is 13.2. The van der Waals surface area contributed by atoms with Gasteiger partial charge in [-0.2, -0.15) is 0 Å². The zero-order valence-corrected chi connectivity index (χ0v) is 9.77. The quantitative estimate of drug-likeness (QED) is 0.885. The van der Waals surface area contributed by atoms with E-state index in [0.29, 0.717) is 23.4 Å². The summed E-state index contributed by atoms with van der Waals surface area (Å²) >= 11 is 0. The number of anilines is 1. The highest BCUT2D eigenvalue weighted by Gasteiger charge is 2.16. The molecule has 0 aliphatic heterocycles. The molecule has 1 aromatic heterocycles. The Morgan fingerprint density at radius 1 is 1.41 bits per heavy atom. The van der Waals surface area contributed by atoms with Gasteiger partial charge in [-0.1, -0.05) is 17.3 Å². The third kappa shape index (κ3) is 2.45. The Labute approximate surface area is 98.8 Å². The summed E-state index contributed by atoms with van der Waals surface area (Å²) in [4.78, 5) is 1.94. The molecule has 1 heterocycles. The first kappa shape index (κ1) is 11.6. The van der Waals surface area contributed by atoms with Crippen molar-refractivity contribution in [1.29, 1.82) is 0 Å². The monoisotopic (exact) mass is 235 g/mol. The molecule has 2 N–H and O–H groups in total. The average Bonchev–Trinajstić information content (AvgIpc) is 2.59. The highest BCUT2D eigenvalue weighted by molar-refractivity contribution is 5.74. The van der Waals surface area contributed by atoms with Gasteiger partial charge in [-0.25, -0.2) is 4.39 Å². The molecule has 1 aromatic carbocycles. The van der Waals surface area contributed by atoms with E-state index in [9.17, 15) is 4.39 Å². The van der Waals surface area contributed by atoms with Crippen LogP contribution in [0.15, 0.2) is 28.8 Å². The van der Waals surface area contributed by atoms with Gasteiger partial charge in [0.2, 0.25) is 5.88 Å². The predicted octanol–water partition coefficient (Wildman–Crippen LogP) is 2.12. The van der Waals surface area contributed by atoms with Crippen LogP contribution in [0.2, 0.25) is 0 Å². The fourth-order valence-corrected chi connectivity index (χ4v) is 1.70. The minimum absolute atomic E-state index is 0.215. The van der Waals surface area contributed by atoms with Crippen molar-refractivity contribution in [2.75, 3.05) is 19.8 Å². The topological polar surface area (TPSA) is 55.3 Å². The van der Waals surface area contributed by atoms with E-state index < -0.39 is 0 Å². The molecule has 4 nitrogen and oxygen atoms in total. The first-order valence-corrected chi connectivity index (χ1v) is 5.22. The minimum atomic E-state index is -0.307. The molecular weight excluding hydrogens is 221 g/mol. The lowest BCUT2D eigenvalue weighted by atomic mass is 10.1. The van der Waals surface area contributed by atoms with Gasteiger partial charge in [0.25, 0.3) is 0 Å². The molecule has 90 valence electrons. The van der Waals surface area contributed by atoms with Crippen LogP contribution in [-0.4, -0.2) is 24.2 Å². The fourth-order valence-electron chi connectivity index (χ4n) is 1.70. The van der Waals surface area contributed by atoms with Crippen molar-refractivity contribution in [2.45, 2.75) is 6.54 Å². The molecular formula is C12H14FN3O. The number of nitrogens with two attached hydrogens (primary N) is 1. The van der Waals surface area contributed by atoms with E-state index in [1.54, 1.807) is 12.1 Å². The summed E-state index contributed by atoms with van der Waals surface area (Å²) in [5.41, 5.74) is 7.78. The van der Waals surface area contributed by atoms with Crippen molar-refractivity contribution in [2.24, 2.45) is 0 Å². The molecule has 5 heteroatoms. The maximum atomic E-state index is 13.2. The first-order valence-electron chi connectivity index (χ1n) is 5.22. The smallest absolute Gasteiger partial charge is 0.230 e. The molecule has 0 saturated heterocycles. The van der Waals surface area contributed by atoms with E-state index in [4.69, 9.17) is 10.3 Å². The summed E-state index contributed by atoms with van der Waals surface area (Å²) in [6.45, 7) is 0.590. The number of nitrogen functional groups attached to an aromatic ring is 1. The first-order chi connectivity index (χ1) is 8.08. The summed E-state index contributed by atoms with van der Waals surface area (Å²) in [5.74, 6) is -0.0913. The lowest BCUT2D eigenvalue weighted by Gasteiger charge is -2.08. The Balaban J connectivity index is 2.47. The van der Waals surface area contributed by atoms with Gasteiger partial charge in [0, 0.05) is 6.54 Å². The van der Waals surface area contributed by atoms with Crippen LogP contribution in [0, 0.1) is 5.82 Å². The van der Waals surface area contributed by atoms with Gasteiger partial charge in [-0.3, -0.25) is 0 Å². The van der Waals surface area contributed by atoms with Gasteiger partial charge < -0.3 is 15.2 Å². The molecule has 0 unspecified atom stereocenters. The lowest BCUT2D eigenvalue weighted by molar-refractivity contribution is 0.368. The van der Waals surface area contributed by atoms with Crippen LogP contribution in [0.25, 0.3) is 11.1 Å². The Hall–Kier alpha value is -1.88. The van der Waals surface area contributed by atoms with Gasteiger partial charge in [-0.05, 0) is 31.8 Å². The second kappa shape index (κ2) is 4.55. The lowest BCUT2D eigenvalue weighted by Crippen LogP contribution is -2.11. The molecule has 2 aromatic rings. The Kier molecular flexibility index (Phi) is 3.10. The number of benzene rings is 1. The number of halogens is 1. The number of rotatable bonds is 3. The summed E-state index contributed by atoms with van der Waals surface area (Å²) in [6.07, 6.45) is 0. The second-order valence-electron chi connectivity index (χ2n) is 4.12. The van der Waals surface area contributed by atoms with Gasteiger partial charge in [0.15, 0.2) is 0 Å². The molecule has 0 atom stereocenters. The normalized spacial score (nSPS) is 11.1. The van der Waals surface area contributed by atoms with Gasteiger partial charge >= 0.3 is 0 Å². The molecule has 0 saturated carbocycles. The van der Waals surface area contributed by atoms with Crippen LogP contribution in [0.5, 0.6) is 0 Å². The van der Waals surface area contributed by atoms with E-state index in [2.05, 4.69) is 5.16 Å². The fraction of sp³-hybridized carbons (Fsp3) is 0.250. The average molecular weight is 235 g/mol. The standard InChI is InChI=1S/C12H14FN3O/c1-16(2)7-10-11(12(14)17-15-10)8-4-3-5-9(13)6-8/h3-6H,7,14H2,1-2H3. The van der Waals surface area contributed by atoms with Crippen LogP contribution in [-0.2, 0) is 6.54 Å². The van der Waals surface area contributed by atoms with Crippen molar-refractivity contribution in [3.8, 4) is 11.1 Å². The van der Waals surface area contributed by atoms with Crippen LogP contribution < -0.4 is 5.73 Å². The maximum Gasteiger partial charge on any atom is 0.230 e. The number of hydrogen-bond acceptors (Lipinski definition) is 4. The van der Waals surface area contributed by atoms with Crippen LogP contribution >= 0.6 is 0 Å². The zero-order valence-electron chi connectivity index (χ0n) is 9.77. The summed E-state index contributed by atoms with van der Waals surface area (Å²) in [6, 6.07) is 6.22. The third-order valence-corrected chi connectivity index (χ3v) is 2.37. The molecule has 0 amide bonds. The largest absolute Gasteiger partial charge is 0.367 e. The SMILES string of the molecule is CN(C)Cc1noc(N)c1-c1cccc(F)c1. The molecule has 0 fully saturated rings. The van der Waals surface area contributed by atoms with Crippen molar-refractivity contribution >= 4 is 5.88 Å². The zero-order chi connectivity index (χ0) is 12.4. The molecule has 0 bridgehead atoms. The van der Waals surface area contributed by atoms with Crippen LogP contribution in [0.1, 0.15) is 5.69 Å². The minimum Gasteiger partial charge on any atom is -0.367 e. The number of nitrogens with zero attached hydrogens (tertiary/aromatic N) is 2. The molecule has 2 rings (SSSR count). The summed E-state index contributed by atoms with van der Waals surface area (Å²) < 4.78 is 18.2. The van der Waals surface area contributed by atoms with E-state index in [1.807, 2.05) is 19.0 Å².